The summed E-state index contributed by atoms with van der Waals surface area (Å²) >= 11 is 0. The fourth-order valence-corrected chi connectivity index (χ4v) is 1.62. The van der Waals surface area contributed by atoms with Crippen LogP contribution in [0.15, 0.2) is 4.99 Å². The van der Waals surface area contributed by atoms with Gasteiger partial charge in [0, 0.05) is 6.54 Å². The molecule has 1 aromatic rings. The van der Waals surface area contributed by atoms with Crippen molar-refractivity contribution in [1.82, 2.24) is 20.3 Å². The number of nitrogens with zero attached hydrogens (tertiary/aromatic N) is 4. The van der Waals surface area contributed by atoms with Crippen molar-refractivity contribution in [3.63, 3.8) is 0 Å². The van der Waals surface area contributed by atoms with E-state index in [1.165, 1.54) is 6.08 Å². The first kappa shape index (κ1) is 16.5. The van der Waals surface area contributed by atoms with Crippen molar-refractivity contribution in [2.24, 2.45) is 4.99 Å². The third kappa shape index (κ3) is 7.58. The topological polar surface area (TPSA) is 135 Å². The smallest absolute Gasteiger partial charge is 0.321 e. The van der Waals surface area contributed by atoms with E-state index in [1.807, 2.05) is 0 Å². The fraction of sp³-hybridized carbons (Fsp3) is 0.583. The lowest BCUT2D eigenvalue weighted by Gasteiger charge is -2.06. The Bertz CT molecular complexity index is 494. The lowest BCUT2D eigenvalue weighted by atomic mass is 10.2. The number of carbonyl (C=O) groups is 1. The third-order valence-electron chi connectivity index (χ3n) is 2.54. The minimum absolute atomic E-state index is 0.0655. The number of isocyanates is 1. The van der Waals surface area contributed by atoms with Crippen LogP contribution in [0.1, 0.15) is 31.5 Å². The van der Waals surface area contributed by atoms with E-state index in [-0.39, 0.29) is 17.9 Å². The number of nitrogen functional groups attached to an aromatic ring is 1. The lowest BCUT2D eigenvalue weighted by molar-refractivity contribution is 0.251. The van der Waals surface area contributed by atoms with Crippen LogP contribution in [0.25, 0.3) is 0 Å². The molecule has 0 aliphatic heterocycles. The van der Waals surface area contributed by atoms with Crippen molar-refractivity contribution >= 4 is 24.0 Å². The molecule has 0 atom stereocenters. The van der Waals surface area contributed by atoms with E-state index in [0.29, 0.717) is 18.9 Å². The summed E-state index contributed by atoms with van der Waals surface area (Å²) < 4.78 is 0. The molecule has 0 aromatic carbocycles. The SMILES string of the molecule is Cc1nc(N)nc(NC(=O)NCCCCCCN=C=O)n1. The van der Waals surface area contributed by atoms with Crippen LogP contribution in [-0.2, 0) is 4.79 Å². The van der Waals surface area contributed by atoms with Gasteiger partial charge in [-0.15, -0.1) is 0 Å². The van der Waals surface area contributed by atoms with E-state index < -0.39 is 0 Å². The van der Waals surface area contributed by atoms with Gasteiger partial charge in [0.1, 0.15) is 5.82 Å². The molecule has 2 amide bonds. The zero-order valence-corrected chi connectivity index (χ0v) is 11.9. The molecule has 0 unspecified atom stereocenters. The number of hydrogen-bond donors (Lipinski definition) is 3. The van der Waals surface area contributed by atoms with E-state index in [0.717, 1.165) is 25.7 Å². The molecule has 9 nitrogen and oxygen atoms in total. The van der Waals surface area contributed by atoms with Crippen LogP contribution in [0.4, 0.5) is 16.7 Å². The Morgan fingerprint density at radius 2 is 2.00 bits per heavy atom. The zero-order valence-electron chi connectivity index (χ0n) is 11.9. The summed E-state index contributed by atoms with van der Waals surface area (Å²) in [5, 5.41) is 5.19. The monoisotopic (exact) mass is 293 g/mol. The summed E-state index contributed by atoms with van der Waals surface area (Å²) in [6, 6.07) is -0.384. The molecule has 0 aliphatic rings. The van der Waals surface area contributed by atoms with Gasteiger partial charge in [0.2, 0.25) is 18.0 Å². The molecule has 0 saturated carbocycles. The van der Waals surface area contributed by atoms with Crippen LogP contribution in [0, 0.1) is 6.92 Å². The van der Waals surface area contributed by atoms with Gasteiger partial charge in [0.05, 0.1) is 6.54 Å². The number of rotatable bonds is 8. The predicted molar refractivity (Wildman–Crippen MR) is 77.5 cm³/mol. The first-order valence-electron chi connectivity index (χ1n) is 6.68. The Balaban J connectivity index is 2.15. The number of aryl methyl sites for hydroxylation is 1. The zero-order chi connectivity index (χ0) is 15.5. The highest BCUT2D eigenvalue weighted by atomic mass is 16.2. The van der Waals surface area contributed by atoms with Crippen LogP contribution in [0.5, 0.6) is 0 Å². The molecular formula is C12H19N7O2. The maximum atomic E-state index is 11.6. The minimum atomic E-state index is -0.384. The van der Waals surface area contributed by atoms with E-state index in [4.69, 9.17) is 5.73 Å². The Hall–Kier alpha value is -2.54. The average molecular weight is 293 g/mol. The summed E-state index contributed by atoms with van der Waals surface area (Å²) in [7, 11) is 0. The molecule has 0 radical (unpaired) electrons. The molecule has 9 heteroatoms. The van der Waals surface area contributed by atoms with Gasteiger partial charge in [-0.05, 0) is 19.8 Å². The van der Waals surface area contributed by atoms with Crippen LogP contribution in [0.2, 0.25) is 0 Å². The number of carbonyl (C=O) groups excluding carboxylic acids is 2. The molecule has 0 spiro atoms. The maximum Gasteiger partial charge on any atom is 0.321 e. The Labute approximate surface area is 122 Å². The van der Waals surface area contributed by atoms with Crippen molar-refractivity contribution in [1.29, 1.82) is 0 Å². The molecule has 21 heavy (non-hydrogen) atoms. The van der Waals surface area contributed by atoms with E-state index in [1.54, 1.807) is 6.92 Å². The van der Waals surface area contributed by atoms with Gasteiger partial charge in [-0.2, -0.15) is 15.0 Å². The van der Waals surface area contributed by atoms with Crippen LogP contribution in [-0.4, -0.2) is 40.2 Å². The molecule has 0 fully saturated rings. The number of unbranched alkanes of at least 4 members (excludes halogenated alkanes) is 3. The van der Waals surface area contributed by atoms with Gasteiger partial charge in [0.15, 0.2) is 0 Å². The fourth-order valence-electron chi connectivity index (χ4n) is 1.62. The van der Waals surface area contributed by atoms with Crippen LogP contribution in [0.3, 0.4) is 0 Å². The number of anilines is 2. The maximum absolute atomic E-state index is 11.6. The second-order valence-electron chi connectivity index (χ2n) is 4.33. The summed E-state index contributed by atoms with van der Waals surface area (Å²) in [6.45, 7) is 2.72. The quantitative estimate of drug-likeness (QED) is 0.368. The second kappa shape index (κ2) is 9.38. The Kier molecular flexibility index (Phi) is 7.37. The molecule has 1 rings (SSSR count). The highest BCUT2D eigenvalue weighted by Gasteiger charge is 2.05. The van der Waals surface area contributed by atoms with E-state index in [9.17, 15) is 9.59 Å². The summed E-state index contributed by atoms with van der Waals surface area (Å²) in [6.07, 6.45) is 5.10. The highest BCUT2D eigenvalue weighted by molar-refractivity contribution is 5.87. The molecular weight excluding hydrogens is 274 g/mol. The van der Waals surface area contributed by atoms with Crippen molar-refractivity contribution in [3.8, 4) is 0 Å². The van der Waals surface area contributed by atoms with Gasteiger partial charge in [-0.1, -0.05) is 12.8 Å². The minimum Gasteiger partial charge on any atom is -0.368 e. The number of amides is 2. The molecule has 114 valence electrons. The number of urea groups is 1. The van der Waals surface area contributed by atoms with E-state index >= 15 is 0 Å². The van der Waals surface area contributed by atoms with Gasteiger partial charge < -0.3 is 11.1 Å². The average Bonchev–Trinajstić information content (AvgIpc) is 2.40. The second-order valence-corrected chi connectivity index (χ2v) is 4.33. The lowest BCUT2D eigenvalue weighted by Crippen LogP contribution is -2.30. The van der Waals surface area contributed by atoms with Gasteiger partial charge in [-0.3, -0.25) is 5.32 Å². The van der Waals surface area contributed by atoms with Gasteiger partial charge in [-0.25, -0.2) is 14.6 Å². The first-order chi connectivity index (χ1) is 10.1. The number of nitrogens with two attached hydrogens (primary N) is 1. The summed E-state index contributed by atoms with van der Waals surface area (Å²) in [5.41, 5.74) is 5.46. The number of hydrogen-bond acceptors (Lipinski definition) is 7. The standard InChI is InChI=1S/C12H19N7O2/c1-9-16-10(13)18-11(17-9)19-12(21)15-7-5-3-2-4-6-14-8-20/h2-7H2,1H3,(H4,13,15,16,17,18,19,21). The van der Waals surface area contributed by atoms with Crippen molar-refractivity contribution in [2.75, 3.05) is 24.1 Å². The number of aromatic nitrogens is 3. The first-order valence-corrected chi connectivity index (χ1v) is 6.68. The Morgan fingerprint density at radius 3 is 2.71 bits per heavy atom. The number of aliphatic imine (C=N–C) groups is 1. The Morgan fingerprint density at radius 1 is 1.24 bits per heavy atom. The van der Waals surface area contributed by atoms with Crippen molar-refractivity contribution in [3.05, 3.63) is 5.82 Å². The van der Waals surface area contributed by atoms with Crippen LogP contribution >= 0.6 is 0 Å². The number of nitrogens with one attached hydrogen (secondary N) is 2. The van der Waals surface area contributed by atoms with Gasteiger partial charge >= 0.3 is 6.03 Å². The molecule has 0 aliphatic carbocycles. The third-order valence-corrected chi connectivity index (χ3v) is 2.54. The van der Waals surface area contributed by atoms with Crippen LogP contribution < -0.4 is 16.4 Å². The molecule has 1 aromatic heterocycles. The highest BCUT2D eigenvalue weighted by Crippen LogP contribution is 2.02. The molecule has 4 N–H and O–H groups in total. The van der Waals surface area contributed by atoms with Gasteiger partial charge in [0.25, 0.3) is 0 Å². The molecule has 0 bridgehead atoms. The molecule has 1 heterocycles. The molecule has 0 saturated heterocycles. The van der Waals surface area contributed by atoms with Crippen molar-refractivity contribution < 1.29 is 9.59 Å². The normalized spacial score (nSPS) is 9.76. The predicted octanol–water partition coefficient (Wildman–Crippen LogP) is 0.780. The summed E-state index contributed by atoms with van der Waals surface area (Å²) in [5.74, 6) is 0.635. The van der Waals surface area contributed by atoms with Crippen molar-refractivity contribution in [2.45, 2.75) is 32.6 Å². The largest absolute Gasteiger partial charge is 0.368 e. The van der Waals surface area contributed by atoms with E-state index in [2.05, 4.69) is 30.6 Å². The summed E-state index contributed by atoms with van der Waals surface area (Å²) in [4.78, 5) is 36.4.